The number of methoxy groups -OCH3 is 1. The van der Waals surface area contributed by atoms with E-state index >= 15 is 0 Å². The molecular weight excluding hydrogens is 643 g/mol. The molecule has 0 unspecified atom stereocenters. The molecule has 0 aromatic heterocycles. The molecule has 0 atom stereocenters. The molecule has 0 bridgehead atoms. The molecular formula is C37H48CoN2O7. The summed E-state index contributed by atoms with van der Waals surface area (Å²) in [5.41, 5.74) is 6.22. The van der Waals surface area contributed by atoms with Gasteiger partial charge in [0.25, 0.3) is 0 Å². The molecule has 0 saturated heterocycles. The summed E-state index contributed by atoms with van der Waals surface area (Å²) in [5, 5.41) is 39.8. The van der Waals surface area contributed by atoms with Crippen LogP contribution < -0.4 is 14.9 Å². The largest absolute Gasteiger partial charge is 2.00 e. The standard InChI is InChI=1S/C33H42N2O3.2C2H4O2.Co/c1-10-21-14-23(30(36)26(16-21)32(3,4)5)19-34-28-13-12-25(38-9)18-29(28)35-20-24-15-22(11-2)17-27(31(24)37)33(6,7)8;2*1-2(3)4;/h12-20,36-37H,10-11H2,1-9H3;2*1H3,(H,3,4);/q;;;+2/p-2. The molecule has 0 heterocycles. The first-order chi connectivity index (χ1) is 21.2. The summed E-state index contributed by atoms with van der Waals surface area (Å²) in [5.74, 6) is -1.03. The van der Waals surface area contributed by atoms with Crippen LogP contribution in [0.2, 0.25) is 0 Å². The number of carboxylic acids is 2. The van der Waals surface area contributed by atoms with Gasteiger partial charge in [-0.1, -0.05) is 67.5 Å². The van der Waals surface area contributed by atoms with Gasteiger partial charge < -0.3 is 34.8 Å². The second-order valence-electron chi connectivity index (χ2n) is 12.7. The smallest absolute Gasteiger partial charge is 0.550 e. The summed E-state index contributed by atoms with van der Waals surface area (Å²) in [4.78, 5) is 27.2. The van der Waals surface area contributed by atoms with Gasteiger partial charge in [0.05, 0.1) is 18.5 Å². The minimum absolute atomic E-state index is 0. The van der Waals surface area contributed by atoms with Crippen molar-refractivity contribution in [1.29, 1.82) is 0 Å². The average molecular weight is 692 g/mol. The Labute approximate surface area is 289 Å². The van der Waals surface area contributed by atoms with Crippen molar-refractivity contribution in [3.05, 3.63) is 75.8 Å². The van der Waals surface area contributed by atoms with Crippen LogP contribution in [0.5, 0.6) is 17.2 Å². The van der Waals surface area contributed by atoms with Crippen LogP contribution in [0, 0.1) is 0 Å². The van der Waals surface area contributed by atoms with Crippen molar-refractivity contribution in [2.45, 2.75) is 92.9 Å². The number of rotatable bonds is 7. The Morgan fingerprint density at radius 2 is 1.09 bits per heavy atom. The van der Waals surface area contributed by atoms with E-state index in [1.54, 1.807) is 19.5 Å². The van der Waals surface area contributed by atoms with E-state index in [-0.39, 0.29) is 39.1 Å². The van der Waals surface area contributed by atoms with Crippen LogP contribution in [0.15, 0.2) is 52.4 Å². The van der Waals surface area contributed by atoms with E-state index in [1.165, 1.54) is 0 Å². The molecule has 1 radical (unpaired) electrons. The maximum Gasteiger partial charge on any atom is 2.00 e. The summed E-state index contributed by atoms with van der Waals surface area (Å²) in [6.45, 7) is 18.7. The van der Waals surface area contributed by atoms with E-state index in [0.717, 1.165) is 48.9 Å². The molecule has 9 nitrogen and oxygen atoms in total. The van der Waals surface area contributed by atoms with Crippen LogP contribution in [0.4, 0.5) is 11.4 Å². The van der Waals surface area contributed by atoms with Gasteiger partial charge in [0.1, 0.15) is 17.2 Å². The van der Waals surface area contributed by atoms with E-state index < -0.39 is 11.9 Å². The Hall–Kier alpha value is -4.15. The molecule has 0 aliphatic heterocycles. The van der Waals surface area contributed by atoms with Crippen molar-refractivity contribution in [3.8, 4) is 17.2 Å². The molecule has 0 fully saturated rings. The average Bonchev–Trinajstić information content (AvgIpc) is 2.94. The van der Waals surface area contributed by atoms with Gasteiger partial charge >= 0.3 is 16.8 Å². The fourth-order valence-corrected chi connectivity index (χ4v) is 4.31. The molecule has 257 valence electrons. The fourth-order valence-electron chi connectivity index (χ4n) is 4.31. The maximum atomic E-state index is 11.0. The van der Waals surface area contributed by atoms with Crippen LogP contribution in [-0.2, 0) is 50.0 Å². The van der Waals surface area contributed by atoms with Gasteiger partial charge in [-0.2, -0.15) is 0 Å². The second kappa shape index (κ2) is 18.9. The number of phenols is 2. The first-order valence-corrected chi connectivity index (χ1v) is 15.1. The van der Waals surface area contributed by atoms with Gasteiger partial charge in [0.15, 0.2) is 0 Å². The SMILES string of the molecule is CC(=O)[O-].CC(=O)[O-].CCc1cc(C=Nc2ccc(OC)cc2N=Cc2cc(CC)cc(C(C)(C)C)c2O)c(O)c(C(C)(C)C)c1.[Co+2]. The predicted octanol–water partition coefficient (Wildman–Crippen LogP) is 5.84. The Kier molecular flexibility index (Phi) is 17.2. The number of aromatic hydroxyl groups is 2. The summed E-state index contributed by atoms with van der Waals surface area (Å²) < 4.78 is 5.44. The van der Waals surface area contributed by atoms with Gasteiger partial charge in [-0.25, -0.2) is 0 Å². The number of benzene rings is 3. The Morgan fingerprint density at radius 3 is 1.40 bits per heavy atom. The topological polar surface area (TPSA) is 155 Å². The Bertz CT molecular complexity index is 1550. The van der Waals surface area contributed by atoms with Gasteiger partial charge in [0.2, 0.25) is 0 Å². The number of aliphatic imine (C=N–C) groups is 2. The van der Waals surface area contributed by atoms with Crippen molar-refractivity contribution in [1.82, 2.24) is 0 Å². The number of hydrogen-bond acceptors (Lipinski definition) is 9. The zero-order valence-electron chi connectivity index (χ0n) is 29.3. The Balaban J connectivity index is 0.00000211. The van der Waals surface area contributed by atoms with E-state index in [2.05, 4.69) is 67.5 Å². The predicted molar refractivity (Wildman–Crippen MR) is 181 cm³/mol. The van der Waals surface area contributed by atoms with Crippen molar-refractivity contribution >= 4 is 35.7 Å². The molecule has 3 aromatic carbocycles. The zero-order valence-corrected chi connectivity index (χ0v) is 30.3. The summed E-state index contributed by atoms with van der Waals surface area (Å²) >= 11 is 0. The summed E-state index contributed by atoms with van der Waals surface area (Å²) in [6.07, 6.45) is 5.09. The van der Waals surface area contributed by atoms with E-state index in [0.29, 0.717) is 28.3 Å². The Morgan fingerprint density at radius 1 is 0.723 bits per heavy atom. The minimum Gasteiger partial charge on any atom is -0.550 e. The number of aliphatic carboxylic acids is 2. The number of carbonyl (C=O) groups is 2. The maximum absolute atomic E-state index is 11.0. The summed E-state index contributed by atoms with van der Waals surface area (Å²) in [7, 11) is 1.61. The first-order valence-electron chi connectivity index (χ1n) is 15.1. The van der Waals surface area contributed by atoms with Crippen LogP contribution >= 0.6 is 0 Å². The molecule has 3 rings (SSSR count). The molecule has 0 saturated carbocycles. The number of nitrogens with zero attached hydrogens (tertiary/aromatic N) is 2. The number of hydrogen-bond donors (Lipinski definition) is 2. The van der Waals surface area contributed by atoms with E-state index in [1.807, 2.05) is 30.3 Å². The van der Waals surface area contributed by atoms with E-state index in [4.69, 9.17) is 34.5 Å². The molecule has 10 heteroatoms. The number of carbonyl (C=O) groups excluding carboxylic acids is 2. The quantitative estimate of drug-likeness (QED) is 0.295. The van der Waals surface area contributed by atoms with Crippen molar-refractivity contribution in [2.24, 2.45) is 9.98 Å². The van der Waals surface area contributed by atoms with Crippen molar-refractivity contribution < 1.29 is 51.5 Å². The number of carboxylic acid groups (broad SMARTS) is 2. The van der Waals surface area contributed by atoms with E-state index in [9.17, 15) is 10.2 Å². The second-order valence-corrected chi connectivity index (χ2v) is 12.7. The third-order valence-electron chi connectivity index (χ3n) is 6.70. The normalized spacial score (nSPS) is 11.2. The van der Waals surface area contributed by atoms with Crippen molar-refractivity contribution in [3.63, 3.8) is 0 Å². The van der Waals surface area contributed by atoms with Gasteiger partial charge in [-0.3, -0.25) is 9.98 Å². The first kappa shape index (κ1) is 42.8. The zero-order chi connectivity index (χ0) is 35.4. The molecule has 47 heavy (non-hydrogen) atoms. The molecule has 0 amide bonds. The van der Waals surface area contributed by atoms with Crippen molar-refractivity contribution in [2.75, 3.05) is 7.11 Å². The molecule has 2 N–H and O–H groups in total. The number of aryl methyl sites for hydroxylation is 2. The van der Waals surface area contributed by atoms with Crippen LogP contribution in [0.25, 0.3) is 0 Å². The van der Waals surface area contributed by atoms with Gasteiger partial charge in [-0.15, -0.1) is 0 Å². The fraction of sp³-hybridized carbons (Fsp3) is 0.405. The van der Waals surface area contributed by atoms with Crippen LogP contribution in [0.3, 0.4) is 0 Å². The third-order valence-corrected chi connectivity index (χ3v) is 6.70. The molecule has 0 aliphatic carbocycles. The molecule has 3 aromatic rings. The molecule has 0 aliphatic rings. The van der Waals surface area contributed by atoms with Crippen LogP contribution in [0.1, 0.15) is 103 Å². The van der Waals surface area contributed by atoms with Crippen LogP contribution in [-0.4, -0.2) is 41.7 Å². The van der Waals surface area contributed by atoms with Gasteiger partial charge in [0, 0.05) is 52.7 Å². The number of phenolic OH excluding ortho intramolecular Hbond substituents is 2. The third kappa shape index (κ3) is 14.0. The van der Waals surface area contributed by atoms with Gasteiger partial charge in [-0.05, 0) is 72.9 Å². The summed E-state index contributed by atoms with van der Waals surface area (Å²) in [6, 6.07) is 13.6. The minimum atomic E-state index is -1.08. The number of ether oxygens (including phenoxy) is 1. The monoisotopic (exact) mass is 691 g/mol. The molecule has 0 spiro atoms.